The molecule has 104 valence electrons. The Hall–Kier alpha value is -1.42. The maximum Gasteiger partial charge on any atom is 0.161 e. The first-order chi connectivity index (χ1) is 8.91. The van der Waals surface area contributed by atoms with Crippen LogP contribution in [-0.2, 0) is 0 Å². The second kappa shape index (κ2) is 5.29. The molecule has 1 aromatic rings. The van der Waals surface area contributed by atoms with Crippen molar-refractivity contribution in [3.05, 3.63) is 29.6 Å². The third kappa shape index (κ3) is 3.13. The molecule has 0 spiro atoms. The summed E-state index contributed by atoms with van der Waals surface area (Å²) in [4.78, 5) is 13.5. The molecule has 4 heteroatoms. The van der Waals surface area contributed by atoms with E-state index in [2.05, 4.69) is 0 Å². The summed E-state index contributed by atoms with van der Waals surface area (Å²) in [6, 6.07) is 4.60. The van der Waals surface area contributed by atoms with Crippen LogP contribution in [-0.4, -0.2) is 29.6 Å². The molecule has 0 aromatic heterocycles. The molecule has 1 saturated heterocycles. The first-order valence-corrected chi connectivity index (χ1v) is 6.67. The minimum absolute atomic E-state index is 0.134. The van der Waals surface area contributed by atoms with Crippen LogP contribution in [0.3, 0.4) is 0 Å². The normalized spacial score (nSPS) is 24.1. The Labute approximate surface area is 113 Å². The lowest BCUT2D eigenvalue weighted by Gasteiger charge is -2.26. The number of halogens is 1. The third-order valence-electron chi connectivity index (χ3n) is 3.75. The first kappa shape index (κ1) is 14.0. The summed E-state index contributed by atoms with van der Waals surface area (Å²) in [5.41, 5.74) is 0.102. The number of Topliss-reactive ketones (excluding diaryl/α,β-unsaturated/α-hetero) is 1. The van der Waals surface area contributed by atoms with E-state index >= 15 is 0 Å². The molecular weight excluding hydrogens is 245 g/mol. The Morgan fingerprint density at radius 2 is 2.11 bits per heavy atom. The molecule has 3 nitrogen and oxygen atoms in total. The molecule has 2 rings (SSSR count). The molecule has 1 aliphatic heterocycles. The van der Waals surface area contributed by atoms with Crippen molar-refractivity contribution in [2.75, 3.05) is 18.0 Å². The molecule has 1 atom stereocenters. The summed E-state index contributed by atoms with van der Waals surface area (Å²) in [6.45, 7) is 4.49. The van der Waals surface area contributed by atoms with E-state index < -0.39 is 5.60 Å². The van der Waals surface area contributed by atoms with Gasteiger partial charge in [-0.1, -0.05) is 6.07 Å². The van der Waals surface area contributed by atoms with Crippen LogP contribution in [0.4, 0.5) is 10.1 Å². The zero-order valence-corrected chi connectivity index (χ0v) is 11.4. The van der Waals surface area contributed by atoms with Crippen LogP contribution in [0.5, 0.6) is 0 Å². The molecule has 0 amide bonds. The number of carbonyl (C=O) groups is 1. The zero-order valence-electron chi connectivity index (χ0n) is 11.4. The van der Waals surface area contributed by atoms with Crippen LogP contribution in [0.1, 0.15) is 43.5 Å². The Balaban J connectivity index is 2.33. The number of para-hydroxylation sites is 1. The first-order valence-electron chi connectivity index (χ1n) is 6.67. The van der Waals surface area contributed by atoms with Gasteiger partial charge in [0.15, 0.2) is 5.78 Å². The van der Waals surface area contributed by atoms with E-state index in [1.54, 1.807) is 12.1 Å². The summed E-state index contributed by atoms with van der Waals surface area (Å²) in [5, 5.41) is 10.1. The fourth-order valence-corrected chi connectivity index (χ4v) is 2.61. The monoisotopic (exact) mass is 265 g/mol. The number of hydrogen-bond acceptors (Lipinski definition) is 3. The molecule has 1 fully saturated rings. The third-order valence-corrected chi connectivity index (χ3v) is 3.75. The lowest BCUT2D eigenvalue weighted by Crippen LogP contribution is -2.29. The largest absolute Gasteiger partial charge is 0.390 e. The van der Waals surface area contributed by atoms with Crippen LogP contribution in [0.25, 0.3) is 0 Å². The fraction of sp³-hybridized carbons (Fsp3) is 0.533. The van der Waals surface area contributed by atoms with Gasteiger partial charge in [0.1, 0.15) is 5.82 Å². The average Bonchev–Trinajstić information content (AvgIpc) is 2.50. The predicted molar refractivity (Wildman–Crippen MR) is 73.1 cm³/mol. The smallest absolute Gasteiger partial charge is 0.161 e. The van der Waals surface area contributed by atoms with Gasteiger partial charge in [0, 0.05) is 18.7 Å². The Morgan fingerprint density at radius 1 is 1.37 bits per heavy atom. The van der Waals surface area contributed by atoms with Crippen LogP contribution in [0.15, 0.2) is 18.2 Å². The number of aliphatic hydroxyl groups is 1. The summed E-state index contributed by atoms with van der Waals surface area (Å²) in [5.74, 6) is -0.500. The Kier molecular flexibility index (Phi) is 3.90. The van der Waals surface area contributed by atoms with Gasteiger partial charge in [-0.2, -0.15) is 0 Å². The second-order valence-electron chi connectivity index (χ2n) is 5.53. The molecule has 0 bridgehead atoms. The van der Waals surface area contributed by atoms with Crippen LogP contribution in [0.2, 0.25) is 0 Å². The van der Waals surface area contributed by atoms with E-state index in [1.807, 2.05) is 11.8 Å². The summed E-state index contributed by atoms with van der Waals surface area (Å²) in [7, 11) is 0. The maximum absolute atomic E-state index is 14.1. The van der Waals surface area contributed by atoms with Crippen LogP contribution in [0, 0.1) is 5.82 Å². The Bertz CT molecular complexity index is 485. The number of rotatable bonds is 2. The minimum Gasteiger partial charge on any atom is -0.390 e. The molecule has 19 heavy (non-hydrogen) atoms. The van der Waals surface area contributed by atoms with Crippen molar-refractivity contribution in [3.63, 3.8) is 0 Å². The number of benzene rings is 1. The number of anilines is 1. The fourth-order valence-electron chi connectivity index (χ4n) is 2.61. The molecule has 1 aromatic carbocycles. The molecule has 1 aliphatic rings. The van der Waals surface area contributed by atoms with Crippen LogP contribution < -0.4 is 4.90 Å². The maximum atomic E-state index is 14.1. The van der Waals surface area contributed by atoms with E-state index in [0.717, 1.165) is 6.42 Å². The highest BCUT2D eigenvalue weighted by Gasteiger charge is 2.27. The number of carbonyl (C=O) groups excluding carboxylic acids is 1. The van der Waals surface area contributed by atoms with Crippen molar-refractivity contribution >= 4 is 11.5 Å². The topological polar surface area (TPSA) is 40.5 Å². The van der Waals surface area contributed by atoms with Crippen LogP contribution >= 0.6 is 0 Å². The molecule has 1 heterocycles. The summed E-state index contributed by atoms with van der Waals surface area (Å²) >= 11 is 0. The highest BCUT2D eigenvalue weighted by atomic mass is 19.1. The van der Waals surface area contributed by atoms with Gasteiger partial charge in [-0.25, -0.2) is 4.39 Å². The quantitative estimate of drug-likeness (QED) is 0.836. The second-order valence-corrected chi connectivity index (χ2v) is 5.53. The Morgan fingerprint density at radius 3 is 2.79 bits per heavy atom. The van der Waals surface area contributed by atoms with Gasteiger partial charge in [0.25, 0.3) is 0 Å². The molecular formula is C15H20FNO2. The van der Waals surface area contributed by atoms with Crippen molar-refractivity contribution in [2.24, 2.45) is 0 Å². The molecule has 0 radical (unpaired) electrons. The zero-order chi connectivity index (χ0) is 14.0. The number of ketones is 1. The van der Waals surface area contributed by atoms with Gasteiger partial charge >= 0.3 is 0 Å². The van der Waals surface area contributed by atoms with E-state index in [0.29, 0.717) is 37.2 Å². The summed E-state index contributed by atoms with van der Waals surface area (Å²) < 4.78 is 14.1. The van der Waals surface area contributed by atoms with E-state index in [-0.39, 0.29) is 11.6 Å². The van der Waals surface area contributed by atoms with Gasteiger partial charge in [0.2, 0.25) is 0 Å². The van der Waals surface area contributed by atoms with Gasteiger partial charge < -0.3 is 10.0 Å². The van der Waals surface area contributed by atoms with E-state index in [4.69, 9.17) is 0 Å². The standard InChI is InChI=1S/C15H20FNO2/c1-11(18)12-5-3-6-13(16)14(12)17-9-4-7-15(2,19)8-10-17/h3,5-6,19H,4,7-10H2,1-2H3. The average molecular weight is 265 g/mol. The van der Waals surface area contributed by atoms with Crippen molar-refractivity contribution in [1.82, 2.24) is 0 Å². The van der Waals surface area contributed by atoms with Crippen molar-refractivity contribution in [3.8, 4) is 0 Å². The van der Waals surface area contributed by atoms with Gasteiger partial charge in [-0.05, 0) is 45.2 Å². The highest BCUT2D eigenvalue weighted by Crippen LogP contribution is 2.30. The highest BCUT2D eigenvalue weighted by molar-refractivity contribution is 5.99. The lowest BCUT2D eigenvalue weighted by atomic mass is 9.98. The van der Waals surface area contributed by atoms with Crippen molar-refractivity contribution in [1.29, 1.82) is 0 Å². The van der Waals surface area contributed by atoms with Gasteiger partial charge in [-0.15, -0.1) is 0 Å². The van der Waals surface area contributed by atoms with E-state index in [1.165, 1.54) is 13.0 Å². The molecule has 1 N–H and O–H groups in total. The van der Waals surface area contributed by atoms with Crippen molar-refractivity contribution < 1.29 is 14.3 Å². The lowest BCUT2D eigenvalue weighted by molar-refractivity contribution is 0.0481. The number of hydrogen-bond donors (Lipinski definition) is 1. The summed E-state index contributed by atoms with van der Waals surface area (Å²) in [6.07, 6.45) is 2.07. The van der Waals surface area contributed by atoms with E-state index in [9.17, 15) is 14.3 Å². The van der Waals surface area contributed by atoms with Gasteiger partial charge in [0.05, 0.1) is 11.3 Å². The SMILES string of the molecule is CC(=O)c1cccc(F)c1N1CCCC(C)(O)CC1. The number of nitrogens with zero attached hydrogens (tertiary/aromatic N) is 1. The van der Waals surface area contributed by atoms with Gasteiger partial charge in [-0.3, -0.25) is 4.79 Å². The molecule has 0 saturated carbocycles. The molecule has 1 unspecified atom stereocenters. The minimum atomic E-state index is -0.698. The predicted octanol–water partition coefficient (Wildman–Crippen LogP) is 2.77. The molecule has 0 aliphatic carbocycles. The van der Waals surface area contributed by atoms with Crippen molar-refractivity contribution in [2.45, 2.75) is 38.7 Å².